The predicted molar refractivity (Wildman–Crippen MR) is 145 cm³/mol. The Balaban J connectivity index is 1.65. The second kappa shape index (κ2) is 11.3. The van der Waals surface area contributed by atoms with E-state index in [-0.39, 0.29) is 17.8 Å². The molecule has 0 radical (unpaired) electrons. The third-order valence-electron chi connectivity index (χ3n) is 5.21. The molecule has 0 spiro atoms. The first kappa shape index (κ1) is 25.3. The van der Waals surface area contributed by atoms with E-state index in [0.717, 1.165) is 17.3 Å². The molecule has 3 aromatic rings. The van der Waals surface area contributed by atoms with Gasteiger partial charge in [-0.15, -0.1) is 0 Å². The Hall–Kier alpha value is -3.77. The maximum Gasteiger partial charge on any atom is 0.260 e. The minimum Gasteiger partial charge on any atom is -0.400 e. The van der Waals surface area contributed by atoms with Gasteiger partial charge in [-0.2, -0.15) is 5.26 Å². The van der Waals surface area contributed by atoms with Crippen LogP contribution in [-0.4, -0.2) is 22.1 Å². The van der Waals surface area contributed by atoms with E-state index in [2.05, 4.69) is 15.6 Å². The molecule has 7 nitrogen and oxygen atoms in total. The van der Waals surface area contributed by atoms with Gasteiger partial charge in [0, 0.05) is 10.7 Å². The molecule has 0 saturated carbocycles. The molecule has 10 heteroatoms. The zero-order chi connectivity index (χ0) is 25.7. The molecule has 0 bridgehead atoms. The maximum atomic E-state index is 13.3. The number of nitrogens with one attached hydrogen (secondary N) is 2. The van der Waals surface area contributed by atoms with Crippen LogP contribution >= 0.6 is 35.0 Å². The Morgan fingerprint density at radius 3 is 2.47 bits per heavy atom. The lowest BCUT2D eigenvalue weighted by Gasteiger charge is -2.12. The van der Waals surface area contributed by atoms with E-state index in [1.165, 1.54) is 6.07 Å². The van der Waals surface area contributed by atoms with Crippen LogP contribution in [0.25, 0.3) is 0 Å². The van der Waals surface area contributed by atoms with Crippen molar-refractivity contribution in [3.05, 3.63) is 105 Å². The minimum atomic E-state index is -0.929. The second-order valence-electron chi connectivity index (χ2n) is 7.66. The summed E-state index contributed by atoms with van der Waals surface area (Å²) in [5.41, 5.74) is 8.39. The van der Waals surface area contributed by atoms with Crippen molar-refractivity contribution < 1.29 is 9.59 Å². The number of carbonyl (C=O) groups is 2. The third kappa shape index (κ3) is 5.71. The molecule has 3 aromatic carbocycles. The number of amides is 2. The number of carbonyl (C=O) groups excluding carboxylic acids is 2. The zero-order valence-electron chi connectivity index (χ0n) is 18.7. The second-order valence-corrected chi connectivity index (χ2v) is 9.60. The number of rotatable bonds is 6. The van der Waals surface area contributed by atoms with E-state index in [4.69, 9.17) is 28.9 Å². The van der Waals surface area contributed by atoms with Crippen LogP contribution in [0.15, 0.2) is 89.1 Å². The number of nitriles is 1. The summed E-state index contributed by atoms with van der Waals surface area (Å²) >= 11 is 13.3. The quantitative estimate of drug-likeness (QED) is 0.391. The van der Waals surface area contributed by atoms with E-state index in [0.29, 0.717) is 32.0 Å². The van der Waals surface area contributed by atoms with E-state index < -0.39 is 17.1 Å². The van der Waals surface area contributed by atoms with Crippen molar-refractivity contribution in [2.45, 2.75) is 11.8 Å². The van der Waals surface area contributed by atoms with Crippen molar-refractivity contribution in [1.82, 2.24) is 0 Å². The molecule has 4 N–H and O–H groups in total. The van der Waals surface area contributed by atoms with Crippen molar-refractivity contribution in [1.29, 1.82) is 5.26 Å². The van der Waals surface area contributed by atoms with Crippen LogP contribution in [-0.2, 0) is 16.1 Å². The summed E-state index contributed by atoms with van der Waals surface area (Å²) < 4.78 is 0. The van der Waals surface area contributed by atoms with Crippen LogP contribution in [0.3, 0.4) is 0 Å². The highest BCUT2D eigenvalue weighted by Crippen LogP contribution is 2.35. The Bertz CT molecular complexity index is 1430. The number of nitrogens with two attached hydrogens (primary N) is 1. The Morgan fingerprint density at radius 1 is 1.00 bits per heavy atom. The Kier molecular flexibility index (Phi) is 7.96. The largest absolute Gasteiger partial charge is 0.400 e. The molecule has 0 saturated heterocycles. The molecule has 1 atom stereocenters. The zero-order valence-corrected chi connectivity index (χ0v) is 21.0. The molecule has 1 heterocycles. The van der Waals surface area contributed by atoms with Crippen LogP contribution in [0.2, 0.25) is 10.0 Å². The van der Waals surface area contributed by atoms with Gasteiger partial charge >= 0.3 is 0 Å². The van der Waals surface area contributed by atoms with Crippen molar-refractivity contribution in [3.63, 3.8) is 0 Å². The fraction of sp³-hybridized carbons (Fsp3) is 0.0769. The average Bonchev–Trinajstić information content (AvgIpc) is 3.22. The van der Waals surface area contributed by atoms with Crippen molar-refractivity contribution in [2.75, 3.05) is 10.6 Å². The molecule has 180 valence electrons. The van der Waals surface area contributed by atoms with Crippen LogP contribution in [0.1, 0.15) is 11.1 Å². The van der Waals surface area contributed by atoms with Gasteiger partial charge in [-0.1, -0.05) is 77.4 Å². The van der Waals surface area contributed by atoms with Crippen LogP contribution < -0.4 is 16.4 Å². The number of anilines is 2. The molecule has 0 aromatic heterocycles. The lowest BCUT2D eigenvalue weighted by Crippen LogP contribution is -2.29. The Labute approximate surface area is 222 Å². The first-order chi connectivity index (χ1) is 17.4. The SMILES string of the molecule is N#Cc1ccccc1NC(=O)[C@@H]1SC(=NCc2ccccc2)C(C(=O)Nc2cc(Cl)ccc2Cl)=C1N. The fourth-order valence-corrected chi connectivity index (χ4v) is 4.88. The number of hydrogen-bond donors (Lipinski definition) is 3. The van der Waals surface area contributed by atoms with Gasteiger partial charge in [-0.3, -0.25) is 14.6 Å². The summed E-state index contributed by atoms with van der Waals surface area (Å²) in [6.45, 7) is 0.288. The van der Waals surface area contributed by atoms with Gasteiger partial charge in [0.25, 0.3) is 5.91 Å². The van der Waals surface area contributed by atoms with Gasteiger partial charge in [-0.05, 0) is 35.9 Å². The van der Waals surface area contributed by atoms with Crippen molar-refractivity contribution in [2.24, 2.45) is 10.7 Å². The molecule has 1 aliphatic rings. The smallest absolute Gasteiger partial charge is 0.260 e. The minimum absolute atomic E-state index is 0.0504. The van der Waals surface area contributed by atoms with E-state index in [1.807, 2.05) is 36.4 Å². The molecule has 36 heavy (non-hydrogen) atoms. The number of thioether (sulfide) groups is 1. The molecular formula is C26H19Cl2N5O2S. The van der Waals surface area contributed by atoms with E-state index in [1.54, 1.807) is 36.4 Å². The molecule has 0 aliphatic carbocycles. The topological polar surface area (TPSA) is 120 Å². The summed E-state index contributed by atoms with van der Waals surface area (Å²) in [6.07, 6.45) is 0. The lowest BCUT2D eigenvalue weighted by atomic mass is 10.1. The van der Waals surface area contributed by atoms with Gasteiger partial charge in [0.2, 0.25) is 5.91 Å². The summed E-state index contributed by atoms with van der Waals surface area (Å²) in [7, 11) is 0. The first-order valence-corrected chi connectivity index (χ1v) is 12.3. The van der Waals surface area contributed by atoms with Gasteiger partial charge in [-0.25, -0.2) is 0 Å². The van der Waals surface area contributed by atoms with Crippen LogP contribution in [0.4, 0.5) is 11.4 Å². The number of hydrogen-bond acceptors (Lipinski definition) is 6. The monoisotopic (exact) mass is 535 g/mol. The number of benzene rings is 3. The molecule has 4 rings (SSSR count). The molecular weight excluding hydrogens is 517 g/mol. The van der Waals surface area contributed by atoms with Crippen LogP contribution in [0.5, 0.6) is 0 Å². The summed E-state index contributed by atoms with van der Waals surface area (Å²) in [5.74, 6) is -1.04. The highest BCUT2D eigenvalue weighted by molar-refractivity contribution is 8.16. The molecule has 0 fully saturated rings. The number of nitrogens with zero attached hydrogens (tertiary/aromatic N) is 2. The van der Waals surface area contributed by atoms with Gasteiger partial charge < -0.3 is 16.4 Å². The summed E-state index contributed by atoms with van der Waals surface area (Å²) in [4.78, 5) is 31.1. The summed E-state index contributed by atoms with van der Waals surface area (Å²) in [5, 5.41) is 14.9. The summed E-state index contributed by atoms with van der Waals surface area (Å²) in [6, 6.07) is 22.8. The first-order valence-electron chi connectivity index (χ1n) is 10.7. The van der Waals surface area contributed by atoms with Crippen LogP contribution in [0, 0.1) is 11.3 Å². The fourth-order valence-electron chi connectivity index (χ4n) is 3.44. The van der Waals surface area contributed by atoms with Gasteiger partial charge in [0.05, 0.1) is 34.1 Å². The van der Waals surface area contributed by atoms with Gasteiger partial charge in [0.1, 0.15) is 16.4 Å². The molecule has 0 unspecified atom stereocenters. The van der Waals surface area contributed by atoms with Crippen molar-refractivity contribution >= 4 is 63.2 Å². The lowest BCUT2D eigenvalue weighted by molar-refractivity contribution is -0.115. The van der Waals surface area contributed by atoms with Gasteiger partial charge in [0.15, 0.2) is 0 Å². The average molecular weight is 536 g/mol. The number of para-hydroxylation sites is 1. The third-order valence-corrected chi connectivity index (χ3v) is 7.03. The predicted octanol–water partition coefficient (Wildman–Crippen LogP) is 5.37. The maximum absolute atomic E-state index is 13.3. The van der Waals surface area contributed by atoms with E-state index in [9.17, 15) is 14.9 Å². The number of aliphatic imine (C=N–C) groups is 1. The highest BCUT2D eigenvalue weighted by atomic mass is 35.5. The normalized spacial score (nSPS) is 16.0. The van der Waals surface area contributed by atoms with E-state index >= 15 is 0 Å². The molecule has 2 amide bonds. The van der Waals surface area contributed by atoms with Crippen molar-refractivity contribution in [3.8, 4) is 6.07 Å². The number of halogens is 2. The molecule has 1 aliphatic heterocycles. The Morgan fingerprint density at radius 2 is 1.72 bits per heavy atom. The highest BCUT2D eigenvalue weighted by Gasteiger charge is 2.38. The standard InChI is InChI=1S/C26H19Cl2N5O2S/c27-17-10-11-18(28)20(12-17)33-24(34)21-22(30)23(25(35)32-19-9-5-4-8-16(19)13-29)36-26(21)31-14-15-6-2-1-3-7-15/h1-12,23H,14,30H2,(H,32,35)(H,33,34)/t23-/m1/s1.